The number of hydrogen-bond donors (Lipinski definition) is 1. The van der Waals surface area contributed by atoms with Crippen LogP contribution in [0.25, 0.3) is 0 Å². The average Bonchev–Trinajstić information content (AvgIpc) is 2.86. The van der Waals surface area contributed by atoms with Crippen LogP contribution in [0.5, 0.6) is 0 Å². The number of halogens is 1. The second-order valence-corrected chi connectivity index (χ2v) is 8.91. The molecule has 22 heavy (non-hydrogen) atoms. The molecule has 6 heteroatoms. The second kappa shape index (κ2) is 6.11. The molecular weight excluding hydrogens is 322 g/mol. The maximum absolute atomic E-state index is 12.9. The van der Waals surface area contributed by atoms with E-state index >= 15 is 0 Å². The van der Waals surface area contributed by atoms with Crippen molar-refractivity contribution in [3.8, 4) is 0 Å². The summed E-state index contributed by atoms with van der Waals surface area (Å²) in [6.07, 6.45) is 5.91. The Morgan fingerprint density at radius 1 is 1.09 bits per heavy atom. The van der Waals surface area contributed by atoms with Gasteiger partial charge in [0.25, 0.3) is 0 Å². The summed E-state index contributed by atoms with van der Waals surface area (Å²) >= 11 is 5.84. The summed E-state index contributed by atoms with van der Waals surface area (Å²) in [6.45, 7) is 0.430. The van der Waals surface area contributed by atoms with Gasteiger partial charge in [0.1, 0.15) is 6.23 Å². The summed E-state index contributed by atoms with van der Waals surface area (Å²) in [4.78, 5) is 0.200. The predicted octanol–water partition coefficient (Wildman–Crippen LogP) is 3.39. The van der Waals surface area contributed by atoms with Crippen LogP contribution in [0.1, 0.15) is 44.9 Å². The zero-order chi connectivity index (χ0) is 15.8. The standard InChI is InChI=1S/C16H22ClNO3S/c17-13-5-7-14(8-6-13)22(20,21)18-12-16(9-1-2-10-16)11-3-4-15(18)19/h5-8,15,19H,1-4,9-12H2. The lowest BCUT2D eigenvalue weighted by atomic mass is 9.82. The lowest BCUT2D eigenvalue weighted by molar-refractivity contribution is 0.0483. The van der Waals surface area contributed by atoms with Crippen LogP contribution in [0.15, 0.2) is 29.2 Å². The Hall–Kier alpha value is -0.620. The topological polar surface area (TPSA) is 57.6 Å². The van der Waals surface area contributed by atoms with Gasteiger partial charge in [0.15, 0.2) is 0 Å². The van der Waals surface area contributed by atoms with E-state index in [1.54, 1.807) is 12.1 Å². The highest BCUT2D eigenvalue weighted by Gasteiger charge is 2.43. The lowest BCUT2D eigenvalue weighted by Crippen LogP contribution is -2.44. The number of benzene rings is 1. The molecule has 0 amide bonds. The van der Waals surface area contributed by atoms with Crippen LogP contribution in [0.2, 0.25) is 5.02 Å². The van der Waals surface area contributed by atoms with Crippen LogP contribution in [-0.4, -0.2) is 30.6 Å². The van der Waals surface area contributed by atoms with E-state index in [1.165, 1.54) is 16.4 Å². The molecule has 1 N–H and O–H groups in total. The zero-order valence-electron chi connectivity index (χ0n) is 12.5. The maximum Gasteiger partial charge on any atom is 0.245 e. The Labute approximate surface area is 137 Å². The molecule has 1 unspecified atom stereocenters. The van der Waals surface area contributed by atoms with Gasteiger partial charge in [0, 0.05) is 11.6 Å². The normalized spacial score (nSPS) is 26.2. The van der Waals surface area contributed by atoms with Gasteiger partial charge in [-0.25, -0.2) is 8.42 Å². The first-order chi connectivity index (χ1) is 10.4. The molecule has 0 aromatic heterocycles. The SMILES string of the molecule is O=S(=O)(c1ccc(Cl)cc1)N1CC2(CCCC2)CCCC1O. The molecule has 4 nitrogen and oxygen atoms in total. The number of aliphatic hydroxyl groups is 1. The van der Waals surface area contributed by atoms with E-state index in [0.29, 0.717) is 18.0 Å². The molecule has 1 atom stereocenters. The van der Waals surface area contributed by atoms with Gasteiger partial charge in [-0.3, -0.25) is 0 Å². The van der Waals surface area contributed by atoms with Crippen molar-refractivity contribution in [3.05, 3.63) is 29.3 Å². The first-order valence-electron chi connectivity index (χ1n) is 7.89. The summed E-state index contributed by atoms with van der Waals surface area (Å²) in [6, 6.07) is 6.17. The number of rotatable bonds is 2. The Morgan fingerprint density at radius 3 is 2.32 bits per heavy atom. The Morgan fingerprint density at radius 2 is 1.68 bits per heavy atom. The molecule has 1 spiro atoms. The molecule has 1 aliphatic carbocycles. The van der Waals surface area contributed by atoms with Crippen molar-refractivity contribution in [1.82, 2.24) is 4.31 Å². The van der Waals surface area contributed by atoms with E-state index in [1.807, 2.05) is 0 Å². The number of sulfonamides is 1. The molecule has 2 aliphatic rings. The molecule has 0 radical (unpaired) electrons. The van der Waals surface area contributed by atoms with E-state index in [0.717, 1.165) is 38.5 Å². The van der Waals surface area contributed by atoms with Crippen molar-refractivity contribution in [2.75, 3.05) is 6.54 Å². The molecule has 1 saturated heterocycles. The zero-order valence-corrected chi connectivity index (χ0v) is 14.1. The van der Waals surface area contributed by atoms with Gasteiger partial charge in [0.05, 0.1) is 4.90 Å². The van der Waals surface area contributed by atoms with E-state index in [4.69, 9.17) is 11.6 Å². The van der Waals surface area contributed by atoms with Crippen LogP contribution in [0.3, 0.4) is 0 Å². The second-order valence-electron chi connectivity index (χ2n) is 6.58. The summed E-state index contributed by atoms with van der Waals surface area (Å²) in [5, 5.41) is 10.9. The molecule has 3 rings (SSSR count). The molecule has 1 aromatic carbocycles. The molecule has 1 saturated carbocycles. The summed E-state index contributed by atoms with van der Waals surface area (Å²) in [7, 11) is -3.69. The molecule has 1 aliphatic heterocycles. The van der Waals surface area contributed by atoms with Crippen molar-refractivity contribution in [2.45, 2.75) is 56.1 Å². The van der Waals surface area contributed by atoms with Crippen LogP contribution in [0.4, 0.5) is 0 Å². The van der Waals surface area contributed by atoms with Crippen LogP contribution >= 0.6 is 11.6 Å². The van der Waals surface area contributed by atoms with E-state index in [2.05, 4.69) is 0 Å². The van der Waals surface area contributed by atoms with Gasteiger partial charge < -0.3 is 5.11 Å². The average molecular weight is 344 g/mol. The van der Waals surface area contributed by atoms with Crippen LogP contribution in [-0.2, 0) is 10.0 Å². The predicted molar refractivity (Wildman–Crippen MR) is 86.1 cm³/mol. The van der Waals surface area contributed by atoms with Gasteiger partial charge >= 0.3 is 0 Å². The summed E-state index contributed by atoms with van der Waals surface area (Å²) < 4.78 is 27.2. The minimum Gasteiger partial charge on any atom is -0.377 e. The van der Waals surface area contributed by atoms with Crippen LogP contribution < -0.4 is 0 Å². The highest BCUT2D eigenvalue weighted by molar-refractivity contribution is 7.89. The highest BCUT2D eigenvalue weighted by atomic mass is 35.5. The number of hydrogen-bond acceptors (Lipinski definition) is 3. The third kappa shape index (κ3) is 3.04. The third-order valence-corrected chi connectivity index (χ3v) is 7.19. The van der Waals surface area contributed by atoms with Gasteiger partial charge in [-0.15, -0.1) is 0 Å². The van der Waals surface area contributed by atoms with Gasteiger partial charge in [-0.05, 0) is 61.8 Å². The van der Waals surface area contributed by atoms with Gasteiger partial charge in [-0.2, -0.15) is 4.31 Å². The number of nitrogens with zero attached hydrogens (tertiary/aromatic N) is 1. The molecular formula is C16H22ClNO3S. The smallest absolute Gasteiger partial charge is 0.245 e. The summed E-state index contributed by atoms with van der Waals surface area (Å²) in [5.41, 5.74) is 0.0526. The Balaban J connectivity index is 1.94. The molecule has 0 bridgehead atoms. The molecule has 1 aromatic rings. The maximum atomic E-state index is 12.9. The van der Waals surface area contributed by atoms with Crippen molar-refractivity contribution < 1.29 is 13.5 Å². The van der Waals surface area contributed by atoms with E-state index in [-0.39, 0.29) is 10.3 Å². The van der Waals surface area contributed by atoms with Crippen molar-refractivity contribution in [3.63, 3.8) is 0 Å². The number of aliphatic hydroxyl groups excluding tert-OH is 1. The largest absolute Gasteiger partial charge is 0.377 e. The minimum atomic E-state index is -3.69. The fourth-order valence-electron chi connectivity index (χ4n) is 3.84. The van der Waals surface area contributed by atoms with Crippen LogP contribution in [0, 0.1) is 5.41 Å². The fourth-order valence-corrected chi connectivity index (χ4v) is 5.59. The van der Waals surface area contributed by atoms with Crippen molar-refractivity contribution >= 4 is 21.6 Å². The monoisotopic (exact) mass is 343 g/mol. The molecule has 2 fully saturated rings. The minimum absolute atomic E-state index is 0.0526. The molecule has 1 heterocycles. The highest BCUT2D eigenvalue weighted by Crippen LogP contribution is 2.46. The Bertz CT molecular complexity index is 623. The quantitative estimate of drug-likeness (QED) is 0.895. The van der Waals surface area contributed by atoms with Gasteiger partial charge in [-0.1, -0.05) is 24.4 Å². The first kappa shape index (κ1) is 16.2. The van der Waals surface area contributed by atoms with E-state index < -0.39 is 16.3 Å². The lowest BCUT2D eigenvalue weighted by Gasteiger charge is -2.33. The first-order valence-corrected chi connectivity index (χ1v) is 9.70. The van der Waals surface area contributed by atoms with Crippen molar-refractivity contribution in [1.29, 1.82) is 0 Å². The van der Waals surface area contributed by atoms with E-state index in [9.17, 15) is 13.5 Å². The van der Waals surface area contributed by atoms with Gasteiger partial charge in [0.2, 0.25) is 10.0 Å². The fraction of sp³-hybridized carbons (Fsp3) is 0.625. The molecule has 122 valence electrons. The summed E-state index contributed by atoms with van der Waals surface area (Å²) in [5.74, 6) is 0. The van der Waals surface area contributed by atoms with Crippen molar-refractivity contribution in [2.24, 2.45) is 5.41 Å². The third-order valence-electron chi connectivity index (χ3n) is 5.08. The Kier molecular flexibility index (Phi) is 4.52.